The normalized spacial score (nSPS) is 11.0. The van der Waals surface area contributed by atoms with Crippen LogP contribution in [0.4, 0.5) is 17.1 Å². The van der Waals surface area contributed by atoms with Crippen molar-refractivity contribution in [3.05, 3.63) is 132 Å². The maximum Gasteiger partial charge on any atom is 0.198 e. The van der Waals surface area contributed by atoms with Crippen LogP contribution in [0.25, 0.3) is 11.3 Å². The molecule has 0 aliphatic rings. The van der Waals surface area contributed by atoms with Gasteiger partial charge in [-0.1, -0.05) is 78.9 Å². The van der Waals surface area contributed by atoms with E-state index in [0.717, 1.165) is 33.9 Å². The van der Waals surface area contributed by atoms with E-state index in [1.54, 1.807) is 4.68 Å². The highest BCUT2D eigenvalue weighted by Crippen LogP contribution is 2.33. The molecular weight excluding hydrogens is 424 g/mol. The van der Waals surface area contributed by atoms with Crippen LogP contribution in [0, 0.1) is 4.77 Å². The van der Waals surface area contributed by atoms with Crippen molar-refractivity contribution in [1.82, 2.24) is 9.66 Å². The fourth-order valence-corrected chi connectivity index (χ4v) is 3.89. The molecule has 0 bridgehead atoms. The Morgan fingerprint density at radius 2 is 1.18 bits per heavy atom. The van der Waals surface area contributed by atoms with Crippen LogP contribution < -0.4 is 4.90 Å². The van der Waals surface area contributed by atoms with Gasteiger partial charge in [-0.05, 0) is 59.7 Å². The zero-order valence-electron chi connectivity index (χ0n) is 17.9. The second-order valence-electron chi connectivity index (χ2n) is 7.53. The van der Waals surface area contributed by atoms with Gasteiger partial charge in [0.2, 0.25) is 0 Å². The van der Waals surface area contributed by atoms with Gasteiger partial charge in [0.25, 0.3) is 0 Å². The van der Waals surface area contributed by atoms with Gasteiger partial charge in [-0.25, -0.2) is 4.68 Å². The lowest BCUT2D eigenvalue weighted by molar-refractivity contribution is 0.864. The summed E-state index contributed by atoms with van der Waals surface area (Å²) in [6.45, 7) is 0. The summed E-state index contributed by atoms with van der Waals surface area (Å²) in [4.78, 5) is 5.45. The van der Waals surface area contributed by atoms with Crippen molar-refractivity contribution >= 4 is 35.5 Å². The number of benzene rings is 4. The Morgan fingerprint density at radius 3 is 1.76 bits per heavy atom. The fraction of sp³-hybridized carbons (Fsp3) is 0. The van der Waals surface area contributed by atoms with E-state index in [1.807, 2.05) is 54.9 Å². The topological polar surface area (TPSA) is 36.3 Å². The van der Waals surface area contributed by atoms with Crippen LogP contribution in [-0.2, 0) is 0 Å². The minimum absolute atomic E-state index is 0.557. The van der Waals surface area contributed by atoms with Gasteiger partial charge >= 0.3 is 0 Å². The summed E-state index contributed by atoms with van der Waals surface area (Å²) < 4.78 is 2.24. The molecule has 5 rings (SSSR count). The largest absolute Gasteiger partial charge is 0.329 e. The summed E-state index contributed by atoms with van der Waals surface area (Å²) in [6, 6.07) is 39.1. The summed E-state index contributed by atoms with van der Waals surface area (Å²) in [5, 5.41) is 4.56. The van der Waals surface area contributed by atoms with Gasteiger partial charge in [-0.3, -0.25) is 0 Å². The van der Waals surface area contributed by atoms with Gasteiger partial charge in [-0.15, -0.1) is 0 Å². The van der Waals surface area contributed by atoms with Crippen molar-refractivity contribution in [3.63, 3.8) is 0 Å². The predicted octanol–water partition coefficient (Wildman–Crippen LogP) is 7.56. The zero-order valence-corrected chi connectivity index (χ0v) is 18.7. The number of aromatic amines is 1. The number of anilines is 3. The molecule has 0 fully saturated rings. The molecule has 0 saturated heterocycles. The van der Waals surface area contributed by atoms with E-state index in [9.17, 15) is 0 Å². The SMILES string of the molecule is S=c1[nH]c(-c2ccccc2)cn1/N=C/c1ccc(N(c2ccccc2)c2ccccc2)cc1. The van der Waals surface area contributed by atoms with Crippen LogP contribution >= 0.6 is 12.2 Å². The van der Waals surface area contributed by atoms with Crippen molar-refractivity contribution in [2.24, 2.45) is 5.10 Å². The maximum absolute atomic E-state index is 5.44. The van der Waals surface area contributed by atoms with Crippen LogP contribution in [0.2, 0.25) is 0 Å². The van der Waals surface area contributed by atoms with E-state index in [-0.39, 0.29) is 0 Å². The Morgan fingerprint density at radius 1 is 0.667 bits per heavy atom. The smallest absolute Gasteiger partial charge is 0.198 e. The average Bonchev–Trinajstić information content (AvgIpc) is 3.26. The van der Waals surface area contributed by atoms with Crippen LogP contribution in [0.1, 0.15) is 5.56 Å². The molecule has 4 aromatic carbocycles. The highest BCUT2D eigenvalue weighted by Gasteiger charge is 2.11. The van der Waals surface area contributed by atoms with Crippen molar-refractivity contribution in [1.29, 1.82) is 0 Å². The Kier molecular flexibility index (Phi) is 5.95. The molecule has 0 atom stereocenters. The first-order chi connectivity index (χ1) is 16.3. The van der Waals surface area contributed by atoms with Crippen molar-refractivity contribution in [3.8, 4) is 11.3 Å². The number of rotatable bonds is 6. The number of aromatic nitrogens is 2. The van der Waals surface area contributed by atoms with E-state index in [2.05, 4.69) is 87.8 Å². The van der Waals surface area contributed by atoms with E-state index in [0.29, 0.717) is 4.77 Å². The summed E-state index contributed by atoms with van der Waals surface area (Å²) in [5.74, 6) is 0. The lowest BCUT2D eigenvalue weighted by Crippen LogP contribution is -2.09. The molecule has 5 aromatic rings. The van der Waals surface area contributed by atoms with E-state index in [1.165, 1.54) is 0 Å². The van der Waals surface area contributed by atoms with E-state index in [4.69, 9.17) is 12.2 Å². The Labute approximate surface area is 198 Å². The third-order valence-electron chi connectivity index (χ3n) is 5.30. The van der Waals surface area contributed by atoms with Crippen molar-refractivity contribution in [2.45, 2.75) is 0 Å². The number of nitrogens with zero attached hydrogens (tertiary/aromatic N) is 3. The molecule has 0 saturated carbocycles. The van der Waals surface area contributed by atoms with Crippen LogP contribution in [0.5, 0.6) is 0 Å². The number of hydrogen-bond donors (Lipinski definition) is 1. The second kappa shape index (κ2) is 9.51. The fourth-order valence-electron chi connectivity index (χ4n) is 3.68. The van der Waals surface area contributed by atoms with E-state index >= 15 is 0 Å². The molecule has 0 aliphatic carbocycles. The second-order valence-corrected chi connectivity index (χ2v) is 7.91. The molecule has 1 heterocycles. The summed E-state index contributed by atoms with van der Waals surface area (Å²) in [6.07, 6.45) is 3.73. The quantitative estimate of drug-likeness (QED) is 0.216. The lowest BCUT2D eigenvalue weighted by Gasteiger charge is -2.25. The molecule has 1 aromatic heterocycles. The first-order valence-electron chi connectivity index (χ1n) is 10.7. The summed E-state index contributed by atoms with van der Waals surface area (Å²) >= 11 is 5.44. The number of hydrogen-bond acceptors (Lipinski definition) is 3. The Hall–Kier alpha value is -4.22. The molecule has 0 spiro atoms. The average molecular weight is 447 g/mol. The molecule has 1 N–H and O–H groups in total. The molecule has 0 amide bonds. The van der Waals surface area contributed by atoms with Crippen LogP contribution in [0.3, 0.4) is 0 Å². The molecule has 0 aliphatic heterocycles. The minimum Gasteiger partial charge on any atom is -0.329 e. The molecule has 33 heavy (non-hydrogen) atoms. The number of imidazole rings is 1. The van der Waals surface area contributed by atoms with Gasteiger partial charge < -0.3 is 9.88 Å². The van der Waals surface area contributed by atoms with Gasteiger partial charge in [0, 0.05) is 17.1 Å². The number of nitrogens with one attached hydrogen (secondary N) is 1. The minimum atomic E-state index is 0.557. The molecule has 0 unspecified atom stereocenters. The number of para-hydroxylation sites is 2. The molecule has 0 radical (unpaired) electrons. The van der Waals surface area contributed by atoms with Crippen molar-refractivity contribution < 1.29 is 0 Å². The highest BCUT2D eigenvalue weighted by molar-refractivity contribution is 7.71. The van der Waals surface area contributed by atoms with Crippen LogP contribution in [0.15, 0.2) is 127 Å². The summed E-state index contributed by atoms with van der Waals surface area (Å²) in [5.41, 5.74) is 6.30. The predicted molar refractivity (Wildman–Crippen MR) is 139 cm³/mol. The maximum atomic E-state index is 5.44. The Balaban J connectivity index is 1.41. The molecule has 4 nitrogen and oxygen atoms in total. The summed E-state index contributed by atoms with van der Waals surface area (Å²) in [7, 11) is 0. The van der Waals surface area contributed by atoms with Crippen molar-refractivity contribution in [2.75, 3.05) is 4.90 Å². The molecular formula is C28H22N4S. The zero-order chi connectivity index (χ0) is 22.5. The third kappa shape index (κ3) is 4.68. The number of H-pyrrole nitrogens is 1. The van der Waals surface area contributed by atoms with Crippen LogP contribution in [-0.4, -0.2) is 15.9 Å². The van der Waals surface area contributed by atoms with Gasteiger partial charge in [0.1, 0.15) is 0 Å². The first kappa shape index (κ1) is 20.7. The van der Waals surface area contributed by atoms with E-state index < -0.39 is 0 Å². The van der Waals surface area contributed by atoms with Gasteiger partial charge in [0.05, 0.1) is 18.1 Å². The molecule has 160 valence electrons. The van der Waals surface area contributed by atoms with Gasteiger partial charge in [0.15, 0.2) is 4.77 Å². The monoisotopic (exact) mass is 446 g/mol. The first-order valence-corrected chi connectivity index (χ1v) is 11.1. The highest BCUT2D eigenvalue weighted by atomic mass is 32.1. The third-order valence-corrected chi connectivity index (χ3v) is 5.59. The van der Waals surface area contributed by atoms with Gasteiger partial charge in [-0.2, -0.15) is 5.10 Å². The standard InChI is InChI=1S/C28H22N4S/c33-28-30-27(23-10-4-1-5-11-23)21-31(28)29-20-22-16-18-26(19-17-22)32(24-12-6-2-7-13-24)25-14-8-3-9-15-25/h1-21H,(H,30,33)/b29-20+. The Bertz CT molecular complexity index is 1360. The lowest BCUT2D eigenvalue weighted by atomic mass is 10.1. The molecule has 5 heteroatoms.